The summed E-state index contributed by atoms with van der Waals surface area (Å²) in [6.45, 7) is 0. The minimum absolute atomic E-state index is 1.18. The van der Waals surface area contributed by atoms with Crippen LogP contribution >= 0.6 is 11.8 Å². The summed E-state index contributed by atoms with van der Waals surface area (Å²) >= 11 is 1.70. The maximum atomic E-state index is 3.26. The fraction of sp³-hybridized carbons (Fsp3) is 0. The molecule has 2 heterocycles. The molecular weight excluding hydrogens is 192 g/mol. The number of benzene rings is 1. The largest absolute Gasteiger partial charge is 0.359 e. The number of rotatable bonds is 1. The number of hydrogen-bond acceptors (Lipinski definition) is 2. The fourth-order valence-electron chi connectivity index (χ4n) is 1.64. The first kappa shape index (κ1) is 8.00. The van der Waals surface area contributed by atoms with Gasteiger partial charge in [-0.05, 0) is 11.5 Å². The van der Waals surface area contributed by atoms with Crippen molar-refractivity contribution in [2.45, 2.75) is 0 Å². The summed E-state index contributed by atoms with van der Waals surface area (Å²) in [6, 6.07) is 8.32. The number of aromatic nitrogens is 1. The number of anilines is 1. The van der Waals surface area contributed by atoms with Gasteiger partial charge < -0.3 is 9.88 Å². The van der Waals surface area contributed by atoms with Crippen molar-refractivity contribution in [1.29, 1.82) is 0 Å². The molecule has 0 unspecified atom stereocenters. The van der Waals surface area contributed by atoms with Crippen LogP contribution in [0.4, 0.5) is 5.69 Å². The van der Waals surface area contributed by atoms with E-state index in [1.165, 1.54) is 16.6 Å². The molecule has 69 valence electrons. The van der Waals surface area contributed by atoms with E-state index in [9.17, 15) is 0 Å². The Morgan fingerprint density at radius 3 is 3.00 bits per heavy atom. The van der Waals surface area contributed by atoms with Gasteiger partial charge in [-0.25, -0.2) is 0 Å². The van der Waals surface area contributed by atoms with Gasteiger partial charge in [-0.2, -0.15) is 0 Å². The first-order chi connectivity index (χ1) is 6.95. The summed E-state index contributed by atoms with van der Waals surface area (Å²) in [5, 5.41) is 3.33. The van der Waals surface area contributed by atoms with Crippen molar-refractivity contribution in [3.05, 3.63) is 47.9 Å². The minimum Gasteiger partial charge on any atom is -0.359 e. The molecule has 3 heteroatoms. The van der Waals surface area contributed by atoms with Crippen molar-refractivity contribution in [2.75, 3.05) is 4.90 Å². The molecule has 2 nitrogen and oxygen atoms in total. The zero-order valence-electron chi connectivity index (χ0n) is 7.47. The topological polar surface area (TPSA) is 19.0 Å². The van der Waals surface area contributed by atoms with Gasteiger partial charge in [0.25, 0.3) is 0 Å². The zero-order chi connectivity index (χ0) is 9.38. The third kappa shape index (κ3) is 1.13. The van der Waals surface area contributed by atoms with Gasteiger partial charge in [-0.1, -0.05) is 18.2 Å². The number of thioether (sulfide) groups is 1. The molecule has 0 fully saturated rings. The summed E-state index contributed by atoms with van der Waals surface area (Å²) < 4.78 is 0. The van der Waals surface area contributed by atoms with Crippen LogP contribution in [0.5, 0.6) is 0 Å². The maximum absolute atomic E-state index is 3.26. The van der Waals surface area contributed by atoms with Gasteiger partial charge >= 0.3 is 0 Å². The first-order valence-corrected chi connectivity index (χ1v) is 5.39. The molecule has 3 rings (SSSR count). The lowest BCUT2D eigenvalue weighted by Crippen LogP contribution is -2.04. The van der Waals surface area contributed by atoms with Crippen LogP contribution in [0.2, 0.25) is 0 Å². The monoisotopic (exact) mass is 201 g/mol. The Kier molecular flexibility index (Phi) is 1.77. The van der Waals surface area contributed by atoms with Crippen LogP contribution in [0.3, 0.4) is 0 Å². The molecule has 0 amide bonds. The van der Waals surface area contributed by atoms with Crippen LogP contribution in [0.15, 0.2) is 42.1 Å². The highest BCUT2D eigenvalue weighted by atomic mass is 32.2. The molecular formula is C11H9N2S. The zero-order valence-corrected chi connectivity index (χ0v) is 8.29. The Hall–Kier alpha value is -1.35. The lowest BCUT2D eigenvalue weighted by molar-refractivity contribution is 1.29. The summed E-state index contributed by atoms with van der Waals surface area (Å²) in [6.07, 6.45) is 4.11. The summed E-state index contributed by atoms with van der Waals surface area (Å²) in [5.41, 5.74) is 2.39. The average molecular weight is 201 g/mol. The first-order valence-electron chi connectivity index (χ1n) is 4.45. The van der Waals surface area contributed by atoms with Gasteiger partial charge in [0.05, 0.1) is 5.69 Å². The second kappa shape index (κ2) is 3.10. The number of H-pyrrole nitrogens is 1. The lowest BCUT2D eigenvalue weighted by Gasteiger charge is -2.11. The number of aromatic amines is 1. The van der Waals surface area contributed by atoms with E-state index in [4.69, 9.17) is 0 Å². The third-order valence-electron chi connectivity index (χ3n) is 2.32. The van der Waals surface area contributed by atoms with Crippen LogP contribution < -0.4 is 4.90 Å². The van der Waals surface area contributed by atoms with Crippen molar-refractivity contribution >= 4 is 28.4 Å². The third-order valence-corrected chi connectivity index (χ3v) is 2.95. The molecule has 0 saturated heterocycles. The van der Waals surface area contributed by atoms with Crippen LogP contribution in [-0.2, 0) is 0 Å². The normalized spacial score (nSPS) is 15.6. The van der Waals surface area contributed by atoms with E-state index in [0.29, 0.717) is 0 Å². The Morgan fingerprint density at radius 1 is 1.21 bits per heavy atom. The minimum atomic E-state index is 1.18. The quantitative estimate of drug-likeness (QED) is 0.763. The van der Waals surface area contributed by atoms with Gasteiger partial charge in [0, 0.05) is 23.3 Å². The Bertz CT molecular complexity index is 487. The van der Waals surface area contributed by atoms with Crippen LogP contribution in [0.25, 0.3) is 10.9 Å². The van der Waals surface area contributed by atoms with Crippen LogP contribution in [0, 0.1) is 5.88 Å². The van der Waals surface area contributed by atoms with Gasteiger partial charge in [-0.15, -0.1) is 11.8 Å². The molecule has 1 aliphatic rings. The molecule has 14 heavy (non-hydrogen) atoms. The lowest BCUT2D eigenvalue weighted by atomic mass is 10.2. The summed E-state index contributed by atoms with van der Waals surface area (Å²) in [7, 11) is 0. The number of hydrogen-bond donors (Lipinski definition) is 1. The molecule has 2 aromatic rings. The fourth-order valence-corrected chi connectivity index (χ4v) is 2.23. The van der Waals surface area contributed by atoms with E-state index in [1.807, 2.05) is 12.3 Å². The number of para-hydroxylation sites is 1. The second-order valence-electron chi connectivity index (χ2n) is 3.15. The second-order valence-corrected chi connectivity index (χ2v) is 3.91. The molecule has 1 aromatic heterocycles. The molecule has 1 aliphatic heterocycles. The SMILES string of the molecule is [CH]1SC=CN1c1c[nH]c2ccccc12. The Morgan fingerprint density at radius 2 is 2.14 bits per heavy atom. The molecule has 0 atom stereocenters. The van der Waals surface area contributed by atoms with E-state index in [1.54, 1.807) is 11.8 Å². The smallest absolute Gasteiger partial charge is 0.114 e. The predicted molar refractivity (Wildman–Crippen MR) is 61.8 cm³/mol. The molecule has 0 spiro atoms. The van der Waals surface area contributed by atoms with Gasteiger partial charge in [0.2, 0.25) is 0 Å². The standard InChI is InChI=1S/C11H9N2S/c1-2-4-10-9(3-1)11(7-12-10)13-5-6-14-8-13/h1-8,12H. The highest BCUT2D eigenvalue weighted by molar-refractivity contribution is 8.04. The van der Waals surface area contributed by atoms with Crippen molar-refractivity contribution in [3.63, 3.8) is 0 Å². The Balaban J connectivity index is 2.16. The molecule has 1 radical (unpaired) electrons. The van der Waals surface area contributed by atoms with Crippen LogP contribution in [0.1, 0.15) is 0 Å². The van der Waals surface area contributed by atoms with E-state index >= 15 is 0 Å². The molecule has 1 N–H and O–H groups in total. The van der Waals surface area contributed by atoms with Crippen molar-refractivity contribution in [2.24, 2.45) is 0 Å². The number of nitrogens with one attached hydrogen (secondary N) is 1. The highest BCUT2D eigenvalue weighted by Gasteiger charge is 2.12. The Labute approximate surface area is 86.6 Å². The number of nitrogens with zero attached hydrogens (tertiary/aromatic N) is 1. The van der Waals surface area contributed by atoms with Crippen molar-refractivity contribution in [1.82, 2.24) is 4.98 Å². The van der Waals surface area contributed by atoms with E-state index in [2.05, 4.69) is 45.6 Å². The molecule has 0 aliphatic carbocycles. The van der Waals surface area contributed by atoms with Gasteiger partial charge in [0.1, 0.15) is 5.88 Å². The molecule has 0 bridgehead atoms. The van der Waals surface area contributed by atoms with E-state index < -0.39 is 0 Å². The predicted octanol–water partition coefficient (Wildman–Crippen LogP) is 3.31. The maximum Gasteiger partial charge on any atom is 0.114 e. The van der Waals surface area contributed by atoms with Crippen LogP contribution in [-0.4, -0.2) is 4.98 Å². The molecule has 0 saturated carbocycles. The summed E-state index contributed by atoms with van der Waals surface area (Å²) in [5.74, 6) is 2.09. The van der Waals surface area contributed by atoms with Crippen molar-refractivity contribution < 1.29 is 0 Å². The average Bonchev–Trinajstić information content (AvgIpc) is 2.85. The highest BCUT2D eigenvalue weighted by Crippen LogP contribution is 2.32. The van der Waals surface area contributed by atoms with Crippen molar-refractivity contribution in [3.8, 4) is 0 Å². The summed E-state index contributed by atoms with van der Waals surface area (Å²) in [4.78, 5) is 5.39. The van der Waals surface area contributed by atoms with Gasteiger partial charge in [-0.3, -0.25) is 0 Å². The molecule has 1 aromatic carbocycles. The number of fused-ring (bicyclic) bond motifs is 1. The van der Waals surface area contributed by atoms with E-state index in [0.717, 1.165) is 0 Å². The van der Waals surface area contributed by atoms with Gasteiger partial charge in [0.15, 0.2) is 0 Å². The van der Waals surface area contributed by atoms with E-state index in [-0.39, 0.29) is 0 Å².